The van der Waals surface area contributed by atoms with Crippen LogP contribution in [0.3, 0.4) is 0 Å². The third-order valence-electron chi connectivity index (χ3n) is 4.60. The predicted molar refractivity (Wildman–Crippen MR) is 104 cm³/mol. The van der Waals surface area contributed by atoms with Crippen molar-refractivity contribution >= 4 is 27.8 Å². The minimum Gasteiger partial charge on any atom is -0.305 e. The van der Waals surface area contributed by atoms with Crippen molar-refractivity contribution in [1.29, 1.82) is 0 Å². The average molecular weight is 416 g/mol. The Labute approximate surface area is 163 Å². The van der Waals surface area contributed by atoms with Gasteiger partial charge in [-0.05, 0) is 45.6 Å². The lowest BCUT2D eigenvalue weighted by atomic mass is 10.1. The standard InChI is InChI=1S/C18H23F3N4O2S/c1-9-6-11(9)25-14(26)13-10(2)12(7-22-23-17(3,4)5)28-15(13)24(16(25)27)8-18(19,20)21/h7,9,11,23H,6,8H2,1-5H3/t9-,11-/m0/s1. The van der Waals surface area contributed by atoms with E-state index >= 15 is 0 Å². The van der Waals surface area contributed by atoms with Gasteiger partial charge in [0.25, 0.3) is 5.56 Å². The average Bonchev–Trinajstić information content (AvgIpc) is 3.13. The number of aromatic nitrogens is 2. The van der Waals surface area contributed by atoms with Gasteiger partial charge in [-0.15, -0.1) is 11.3 Å². The van der Waals surface area contributed by atoms with Crippen molar-refractivity contribution in [3.8, 4) is 0 Å². The van der Waals surface area contributed by atoms with E-state index in [1.807, 2.05) is 27.7 Å². The number of hydrogen-bond donors (Lipinski definition) is 1. The van der Waals surface area contributed by atoms with Crippen LogP contribution in [0.1, 0.15) is 50.6 Å². The van der Waals surface area contributed by atoms with Crippen molar-refractivity contribution in [3.63, 3.8) is 0 Å². The maximum atomic E-state index is 13.1. The van der Waals surface area contributed by atoms with Crippen LogP contribution in [0.2, 0.25) is 0 Å². The zero-order chi connectivity index (χ0) is 21.0. The summed E-state index contributed by atoms with van der Waals surface area (Å²) < 4.78 is 41.1. The van der Waals surface area contributed by atoms with E-state index in [4.69, 9.17) is 0 Å². The number of thiophene rings is 1. The van der Waals surface area contributed by atoms with Gasteiger partial charge in [0.1, 0.15) is 11.4 Å². The minimum atomic E-state index is -4.58. The first-order chi connectivity index (χ1) is 12.8. The molecule has 1 fully saturated rings. The Kier molecular flexibility index (Phi) is 4.97. The molecule has 1 N–H and O–H groups in total. The van der Waals surface area contributed by atoms with Crippen LogP contribution in [0.25, 0.3) is 10.2 Å². The zero-order valence-electron chi connectivity index (χ0n) is 16.3. The Bertz CT molecular complexity index is 1060. The maximum Gasteiger partial charge on any atom is 0.406 e. The largest absolute Gasteiger partial charge is 0.406 e. The van der Waals surface area contributed by atoms with Gasteiger partial charge in [0.15, 0.2) is 0 Å². The van der Waals surface area contributed by atoms with Crippen LogP contribution in [0.5, 0.6) is 0 Å². The van der Waals surface area contributed by atoms with Gasteiger partial charge in [-0.25, -0.2) is 4.79 Å². The fraction of sp³-hybridized carbons (Fsp3) is 0.611. The molecule has 0 aromatic carbocycles. The third-order valence-corrected chi connectivity index (χ3v) is 5.85. The number of fused-ring (bicyclic) bond motifs is 1. The highest BCUT2D eigenvalue weighted by Crippen LogP contribution is 2.41. The van der Waals surface area contributed by atoms with E-state index in [1.54, 1.807) is 6.92 Å². The number of hydrogen-bond acceptors (Lipinski definition) is 5. The van der Waals surface area contributed by atoms with Gasteiger partial charge >= 0.3 is 11.9 Å². The molecular weight excluding hydrogens is 393 g/mol. The van der Waals surface area contributed by atoms with Gasteiger partial charge in [-0.3, -0.25) is 13.9 Å². The first-order valence-electron chi connectivity index (χ1n) is 8.95. The monoisotopic (exact) mass is 416 g/mol. The molecule has 154 valence electrons. The topological polar surface area (TPSA) is 68.4 Å². The molecule has 0 bridgehead atoms. The summed E-state index contributed by atoms with van der Waals surface area (Å²) in [6, 6.07) is -0.345. The minimum absolute atomic E-state index is 0.0339. The molecule has 0 unspecified atom stereocenters. The summed E-state index contributed by atoms with van der Waals surface area (Å²) >= 11 is 0.972. The molecule has 0 amide bonds. The quantitative estimate of drug-likeness (QED) is 0.614. The smallest absolute Gasteiger partial charge is 0.305 e. The second-order valence-corrected chi connectivity index (χ2v) is 9.36. The number of alkyl halides is 3. The van der Waals surface area contributed by atoms with Crippen molar-refractivity contribution in [2.75, 3.05) is 0 Å². The lowest BCUT2D eigenvalue weighted by molar-refractivity contribution is -0.140. The Morgan fingerprint density at radius 3 is 2.39 bits per heavy atom. The molecule has 3 rings (SSSR count). The molecule has 2 heterocycles. The van der Waals surface area contributed by atoms with E-state index < -0.39 is 24.0 Å². The van der Waals surface area contributed by atoms with Gasteiger partial charge in [0.2, 0.25) is 0 Å². The van der Waals surface area contributed by atoms with Crippen LogP contribution >= 0.6 is 11.3 Å². The number of rotatable bonds is 4. The van der Waals surface area contributed by atoms with Crippen molar-refractivity contribution in [1.82, 2.24) is 14.6 Å². The van der Waals surface area contributed by atoms with Crippen LogP contribution < -0.4 is 16.7 Å². The summed E-state index contributed by atoms with van der Waals surface area (Å²) in [5.74, 6) is 0.0955. The summed E-state index contributed by atoms with van der Waals surface area (Å²) in [5, 5.41) is 4.28. The van der Waals surface area contributed by atoms with E-state index in [-0.39, 0.29) is 27.7 Å². The fourth-order valence-electron chi connectivity index (χ4n) is 3.06. The van der Waals surface area contributed by atoms with E-state index in [1.165, 1.54) is 6.21 Å². The second kappa shape index (κ2) is 6.75. The summed E-state index contributed by atoms with van der Waals surface area (Å²) in [5.41, 5.74) is 1.73. The molecule has 28 heavy (non-hydrogen) atoms. The molecule has 0 spiro atoms. The van der Waals surface area contributed by atoms with E-state index in [0.29, 0.717) is 21.4 Å². The molecule has 1 aliphatic carbocycles. The van der Waals surface area contributed by atoms with Crippen molar-refractivity contribution in [2.24, 2.45) is 11.0 Å². The number of nitrogens with one attached hydrogen (secondary N) is 1. The third kappa shape index (κ3) is 4.01. The van der Waals surface area contributed by atoms with Crippen LogP contribution in [0, 0.1) is 12.8 Å². The lowest BCUT2D eigenvalue weighted by Gasteiger charge is -2.16. The van der Waals surface area contributed by atoms with E-state index in [9.17, 15) is 22.8 Å². The number of nitrogens with zero attached hydrogens (tertiary/aromatic N) is 3. The van der Waals surface area contributed by atoms with E-state index in [2.05, 4.69) is 10.5 Å². The highest BCUT2D eigenvalue weighted by atomic mass is 32.1. The summed E-state index contributed by atoms with van der Waals surface area (Å²) in [7, 11) is 0. The SMILES string of the molecule is Cc1c(C=NNC(C)(C)C)sc2c1c(=O)n([C@H]1C[C@@H]1C)c(=O)n2CC(F)(F)F. The van der Waals surface area contributed by atoms with Gasteiger partial charge < -0.3 is 5.43 Å². The second-order valence-electron chi connectivity index (χ2n) is 8.33. The zero-order valence-corrected chi connectivity index (χ0v) is 17.2. The first-order valence-corrected chi connectivity index (χ1v) is 9.77. The fourth-order valence-corrected chi connectivity index (χ4v) is 4.23. The van der Waals surface area contributed by atoms with Crippen LogP contribution in [0.4, 0.5) is 13.2 Å². The highest BCUT2D eigenvalue weighted by Gasteiger charge is 2.39. The number of halogens is 3. The highest BCUT2D eigenvalue weighted by molar-refractivity contribution is 7.20. The van der Waals surface area contributed by atoms with Crippen LogP contribution in [-0.2, 0) is 6.54 Å². The van der Waals surface area contributed by atoms with Gasteiger partial charge in [0.05, 0.1) is 16.5 Å². The Balaban J connectivity index is 2.23. The maximum absolute atomic E-state index is 13.1. The molecule has 0 radical (unpaired) electrons. The van der Waals surface area contributed by atoms with Gasteiger partial charge in [-0.2, -0.15) is 18.3 Å². The van der Waals surface area contributed by atoms with Crippen LogP contribution in [-0.4, -0.2) is 27.1 Å². The molecule has 10 heteroatoms. The molecular formula is C18H23F3N4O2S. The molecule has 0 saturated heterocycles. The van der Waals surface area contributed by atoms with Gasteiger partial charge in [0, 0.05) is 11.6 Å². The summed E-state index contributed by atoms with van der Waals surface area (Å²) in [4.78, 5) is 26.3. The van der Waals surface area contributed by atoms with Crippen molar-refractivity contribution in [2.45, 2.75) is 65.3 Å². The Morgan fingerprint density at radius 1 is 1.29 bits per heavy atom. The molecule has 6 nitrogen and oxygen atoms in total. The molecule has 2 aromatic heterocycles. The van der Waals surface area contributed by atoms with Crippen molar-refractivity contribution < 1.29 is 13.2 Å². The molecule has 1 aliphatic rings. The van der Waals surface area contributed by atoms with Gasteiger partial charge in [-0.1, -0.05) is 6.92 Å². The van der Waals surface area contributed by atoms with E-state index in [0.717, 1.165) is 15.9 Å². The Morgan fingerprint density at radius 2 is 1.89 bits per heavy atom. The molecule has 0 aliphatic heterocycles. The first kappa shape index (κ1) is 20.6. The predicted octanol–water partition coefficient (Wildman–Crippen LogP) is 3.40. The number of hydrazone groups is 1. The lowest BCUT2D eigenvalue weighted by Crippen LogP contribution is -2.41. The molecule has 1 saturated carbocycles. The normalized spacial score (nSPS) is 20.3. The molecule has 2 atom stereocenters. The van der Waals surface area contributed by atoms with Crippen LogP contribution in [0.15, 0.2) is 14.7 Å². The summed E-state index contributed by atoms with van der Waals surface area (Å²) in [6.07, 6.45) is -2.48. The summed E-state index contributed by atoms with van der Waals surface area (Å²) in [6.45, 7) is 7.85. The van der Waals surface area contributed by atoms with Crippen molar-refractivity contribution in [3.05, 3.63) is 31.3 Å². The molecule has 2 aromatic rings. The number of aryl methyl sites for hydroxylation is 1. The Hall–Kier alpha value is -2.10.